The Morgan fingerprint density at radius 3 is 3.13 bits per heavy atom. The average molecular weight is 225 g/mol. The summed E-state index contributed by atoms with van der Waals surface area (Å²) in [4.78, 5) is 13.5. The van der Waals surface area contributed by atoms with Crippen molar-refractivity contribution in [3.8, 4) is 0 Å². The summed E-state index contributed by atoms with van der Waals surface area (Å²) >= 11 is 1.32. The second-order valence-electron chi connectivity index (χ2n) is 3.87. The summed E-state index contributed by atoms with van der Waals surface area (Å²) in [5.41, 5.74) is 1.08. The highest BCUT2D eigenvalue weighted by Crippen LogP contribution is 2.30. The summed E-state index contributed by atoms with van der Waals surface area (Å²) < 4.78 is 0. The van der Waals surface area contributed by atoms with Gasteiger partial charge in [-0.2, -0.15) is 0 Å². The lowest BCUT2D eigenvalue weighted by molar-refractivity contribution is 0.0702. The van der Waals surface area contributed by atoms with Crippen molar-refractivity contribution in [2.24, 2.45) is 0 Å². The quantitative estimate of drug-likeness (QED) is 0.860. The van der Waals surface area contributed by atoms with Crippen LogP contribution in [0.5, 0.6) is 0 Å². The van der Waals surface area contributed by atoms with Gasteiger partial charge in [-0.1, -0.05) is 6.92 Å². The van der Waals surface area contributed by atoms with Crippen LogP contribution in [0, 0.1) is 0 Å². The fraction of sp³-hybridized carbons (Fsp3) is 0.545. The summed E-state index contributed by atoms with van der Waals surface area (Å²) in [6.07, 6.45) is 3.59. The average Bonchev–Trinajstić information content (AvgIpc) is 2.85. The van der Waals surface area contributed by atoms with Gasteiger partial charge in [-0.3, -0.25) is 0 Å². The SMILES string of the molecule is CCC1CCCN1c1csc(C(=O)O)c1. The van der Waals surface area contributed by atoms with Crippen LogP contribution < -0.4 is 4.90 Å². The fourth-order valence-corrected chi connectivity index (χ4v) is 2.93. The highest BCUT2D eigenvalue weighted by atomic mass is 32.1. The summed E-state index contributed by atoms with van der Waals surface area (Å²) in [5, 5.41) is 10.8. The van der Waals surface area contributed by atoms with E-state index in [2.05, 4.69) is 11.8 Å². The first-order valence-electron chi connectivity index (χ1n) is 5.31. The van der Waals surface area contributed by atoms with Gasteiger partial charge in [0.2, 0.25) is 0 Å². The molecule has 82 valence electrons. The molecular weight excluding hydrogens is 210 g/mol. The predicted molar refractivity (Wildman–Crippen MR) is 61.9 cm³/mol. The van der Waals surface area contributed by atoms with Gasteiger partial charge in [-0.15, -0.1) is 11.3 Å². The largest absolute Gasteiger partial charge is 0.477 e. The topological polar surface area (TPSA) is 40.5 Å². The molecule has 15 heavy (non-hydrogen) atoms. The Kier molecular flexibility index (Phi) is 2.95. The molecule has 1 saturated heterocycles. The van der Waals surface area contributed by atoms with E-state index in [-0.39, 0.29) is 0 Å². The summed E-state index contributed by atoms with van der Waals surface area (Å²) in [6, 6.07) is 2.39. The third-order valence-electron chi connectivity index (χ3n) is 2.98. The molecule has 0 amide bonds. The standard InChI is InChI=1S/C11H15NO2S/c1-2-8-4-3-5-12(8)9-6-10(11(13)14)15-7-9/h6-8H,2-5H2,1H3,(H,13,14). The lowest BCUT2D eigenvalue weighted by atomic mass is 10.1. The molecule has 2 heterocycles. The van der Waals surface area contributed by atoms with Crippen LogP contribution in [0.2, 0.25) is 0 Å². The minimum Gasteiger partial charge on any atom is -0.477 e. The number of carboxylic acid groups (broad SMARTS) is 1. The van der Waals surface area contributed by atoms with Crippen molar-refractivity contribution >= 4 is 23.0 Å². The fourth-order valence-electron chi connectivity index (χ4n) is 2.19. The van der Waals surface area contributed by atoms with Gasteiger partial charge in [0.15, 0.2) is 0 Å². The van der Waals surface area contributed by atoms with Crippen LogP contribution in [0.1, 0.15) is 35.9 Å². The number of hydrogen-bond acceptors (Lipinski definition) is 3. The van der Waals surface area contributed by atoms with Gasteiger partial charge in [-0.25, -0.2) is 4.79 Å². The van der Waals surface area contributed by atoms with E-state index in [1.54, 1.807) is 6.07 Å². The van der Waals surface area contributed by atoms with Gasteiger partial charge in [-0.05, 0) is 25.3 Å². The lowest BCUT2D eigenvalue weighted by Gasteiger charge is -2.24. The van der Waals surface area contributed by atoms with Crippen LogP contribution in [0.25, 0.3) is 0 Å². The third kappa shape index (κ3) is 2.00. The van der Waals surface area contributed by atoms with Crippen molar-refractivity contribution in [3.63, 3.8) is 0 Å². The molecule has 1 aliphatic rings. The van der Waals surface area contributed by atoms with E-state index >= 15 is 0 Å². The second kappa shape index (κ2) is 4.23. The van der Waals surface area contributed by atoms with Gasteiger partial charge < -0.3 is 10.0 Å². The van der Waals surface area contributed by atoms with Crippen LogP contribution in [-0.2, 0) is 0 Å². The van der Waals surface area contributed by atoms with Gasteiger partial charge in [0.1, 0.15) is 4.88 Å². The molecule has 3 nitrogen and oxygen atoms in total. The molecule has 1 aromatic rings. The van der Waals surface area contributed by atoms with Gasteiger partial charge in [0, 0.05) is 23.7 Å². The molecule has 0 aromatic carbocycles. The van der Waals surface area contributed by atoms with E-state index in [0.29, 0.717) is 10.9 Å². The van der Waals surface area contributed by atoms with E-state index in [4.69, 9.17) is 5.11 Å². The minimum atomic E-state index is -0.821. The normalized spacial score (nSPS) is 20.9. The van der Waals surface area contributed by atoms with Crippen LogP contribution >= 0.6 is 11.3 Å². The minimum absolute atomic E-state index is 0.437. The summed E-state index contributed by atoms with van der Waals surface area (Å²) in [6.45, 7) is 3.25. The van der Waals surface area contributed by atoms with E-state index < -0.39 is 5.97 Å². The maximum absolute atomic E-state index is 10.8. The molecule has 0 spiro atoms. The van der Waals surface area contributed by atoms with Crippen molar-refractivity contribution in [2.75, 3.05) is 11.4 Å². The number of nitrogens with zero attached hydrogens (tertiary/aromatic N) is 1. The van der Waals surface area contributed by atoms with Crippen molar-refractivity contribution < 1.29 is 9.90 Å². The van der Waals surface area contributed by atoms with Crippen molar-refractivity contribution in [3.05, 3.63) is 16.3 Å². The third-order valence-corrected chi connectivity index (χ3v) is 3.88. The van der Waals surface area contributed by atoms with E-state index in [0.717, 1.165) is 18.7 Å². The van der Waals surface area contributed by atoms with Crippen LogP contribution in [0.4, 0.5) is 5.69 Å². The molecule has 1 unspecified atom stereocenters. The van der Waals surface area contributed by atoms with Crippen molar-refractivity contribution in [2.45, 2.75) is 32.2 Å². The first-order chi connectivity index (χ1) is 7.22. The zero-order chi connectivity index (χ0) is 10.8. The molecule has 1 N–H and O–H groups in total. The molecule has 0 bridgehead atoms. The Morgan fingerprint density at radius 1 is 1.73 bits per heavy atom. The van der Waals surface area contributed by atoms with Crippen molar-refractivity contribution in [1.29, 1.82) is 0 Å². The molecule has 1 aromatic heterocycles. The van der Waals surface area contributed by atoms with Crippen molar-refractivity contribution in [1.82, 2.24) is 0 Å². The molecule has 2 rings (SSSR count). The Bertz CT molecular complexity index is 361. The van der Waals surface area contributed by atoms with Gasteiger partial charge >= 0.3 is 5.97 Å². The van der Waals surface area contributed by atoms with Gasteiger partial charge in [0.05, 0.1) is 0 Å². The highest BCUT2D eigenvalue weighted by Gasteiger charge is 2.24. The maximum Gasteiger partial charge on any atom is 0.345 e. The van der Waals surface area contributed by atoms with E-state index in [1.807, 2.05) is 5.38 Å². The van der Waals surface area contributed by atoms with Crippen LogP contribution in [-0.4, -0.2) is 23.7 Å². The lowest BCUT2D eigenvalue weighted by Crippen LogP contribution is -2.27. The Balaban J connectivity index is 2.18. The number of hydrogen-bond donors (Lipinski definition) is 1. The molecular formula is C11H15NO2S. The molecule has 1 aliphatic heterocycles. The monoisotopic (exact) mass is 225 g/mol. The molecule has 0 saturated carbocycles. The first kappa shape index (κ1) is 10.5. The Hall–Kier alpha value is -1.03. The second-order valence-corrected chi connectivity index (χ2v) is 4.78. The number of thiophene rings is 1. The predicted octanol–water partition coefficient (Wildman–Crippen LogP) is 2.83. The molecule has 1 fully saturated rings. The zero-order valence-electron chi connectivity index (χ0n) is 8.77. The highest BCUT2D eigenvalue weighted by molar-refractivity contribution is 7.12. The molecule has 4 heteroatoms. The number of carbonyl (C=O) groups is 1. The summed E-state index contributed by atoms with van der Waals surface area (Å²) in [7, 11) is 0. The van der Waals surface area contributed by atoms with E-state index in [9.17, 15) is 4.79 Å². The Labute approximate surface area is 93.3 Å². The molecule has 0 aliphatic carbocycles. The van der Waals surface area contributed by atoms with Crippen LogP contribution in [0.3, 0.4) is 0 Å². The molecule has 1 atom stereocenters. The summed E-state index contributed by atoms with van der Waals surface area (Å²) in [5.74, 6) is -0.821. The number of anilines is 1. The number of rotatable bonds is 3. The maximum atomic E-state index is 10.8. The van der Waals surface area contributed by atoms with E-state index in [1.165, 1.54) is 24.2 Å². The number of carboxylic acids is 1. The Morgan fingerprint density at radius 2 is 2.53 bits per heavy atom. The van der Waals surface area contributed by atoms with Gasteiger partial charge in [0.25, 0.3) is 0 Å². The number of aromatic carboxylic acids is 1. The van der Waals surface area contributed by atoms with Crippen LogP contribution in [0.15, 0.2) is 11.4 Å². The smallest absolute Gasteiger partial charge is 0.345 e. The zero-order valence-corrected chi connectivity index (χ0v) is 9.59. The molecule has 0 radical (unpaired) electrons. The first-order valence-corrected chi connectivity index (χ1v) is 6.18.